The molecule has 84 valence electrons. The van der Waals surface area contributed by atoms with Crippen LogP contribution in [0.2, 0.25) is 5.28 Å². The molecule has 0 amide bonds. The fourth-order valence-electron chi connectivity index (χ4n) is 1.30. The Labute approximate surface area is 109 Å². The van der Waals surface area contributed by atoms with Gasteiger partial charge < -0.3 is 9.64 Å². The Bertz CT molecular complexity index is 783. The lowest BCUT2D eigenvalue weighted by Crippen LogP contribution is -2.36. The summed E-state index contributed by atoms with van der Waals surface area (Å²) in [5.74, 6) is 0. The number of fused-ring (bicyclic) bond motifs is 1. The molecule has 1 fully saturated rings. The van der Waals surface area contributed by atoms with Gasteiger partial charge in [0.25, 0.3) is 0 Å². The SMILES string of the molecule is [2H]C1([2H])OC([2H])([2H])C([2H])([2H])N(c2ccc3nc(Cl)nn3c2)C1([2H])[2H]. The van der Waals surface area contributed by atoms with Crippen LogP contribution in [0.5, 0.6) is 0 Å². The van der Waals surface area contributed by atoms with Crippen molar-refractivity contribution < 1.29 is 15.7 Å². The number of hydrogen-bond donors (Lipinski definition) is 0. The van der Waals surface area contributed by atoms with Crippen LogP contribution in [0.15, 0.2) is 18.3 Å². The van der Waals surface area contributed by atoms with E-state index in [1.807, 2.05) is 0 Å². The Morgan fingerprint density at radius 3 is 3.00 bits per heavy atom. The quantitative estimate of drug-likeness (QED) is 0.759. The standard InChI is InChI=1S/C10H11ClN4O/c11-10-12-9-2-1-8(7-15(9)13-10)14-3-5-16-6-4-14/h1-2,7H,3-6H2/i3D2,4D2,5D2,6D2. The average molecular weight is 247 g/mol. The van der Waals surface area contributed by atoms with Gasteiger partial charge in [0.2, 0.25) is 5.28 Å². The van der Waals surface area contributed by atoms with Crippen molar-refractivity contribution >= 4 is 22.9 Å². The van der Waals surface area contributed by atoms with E-state index in [1.54, 1.807) is 0 Å². The van der Waals surface area contributed by atoms with Crippen LogP contribution >= 0.6 is 11.6 Å². The van der Waals surface area contributed by atoms with E-state index in [0.29, 0.717) is 10.5 Å². The second-order valence-corrected chi connectivity index (χ2v) is 3.27. The van der Waals surface area contributed by atoms with Crippen LogP contribution < -0.4 is 4.90 Å². The number of ether oxygens (including phenoxy) is 1. The van der Waals surface area contributed by atoms with Crippen molar-refractivity contribution in [2.75, 3.05) is 31.0 Å². The fraction of sp³-hybridized carbons (Fsp3) is 0.400. The Kier molecular flexibility index (Phi) is 1.10. The largest absolute Gasteiger partial charge is 0.378 e. The zero-order chi connectivity index (χ0) is 18.1. The minimum Gasteiger partial charge on any atom is -0.378 e. The van der Waals surface area contributed by atoms with Gasteiger partial charge in [-0.15, -0.1) is 5.10 Å². The number of halogens is 1. The Morgan fingerprint density at radius 1 is 1.38 bits per heavy atom. The highest BCUT2D eigenvalue weighted by molar-refractivity contribution is 6.28. The van der Waals surface area contributed by atoms with E-state index in [-0.39, 0.29) is 11.0 Å². The molecule has 0 radical (unpaired) electrons. The Hall–Kier alpha value is -1.33. The monoisotopic (exact) mass is 246 g/mol. The molecule has 16 heavy (non-hydrogen) atoms. The number of rotatable bonds is 1. The maximum Gasteiger partial charge on any atom is 0.243 e. The van der Waals surface area contributed by atoms with E-state index in [0.717, 1.165) is 4.52 Å². The summed E-state index contributed by atoms with van der Waals surface area (Å²) in [6.45, 7) is -12.3. The number of pyridine rings is 1. The summed E-state index contributed by atoms with van der Waals surface area (Å²) in [7, 11) is 0. The summed E-state index contributed by atoms with van der Waals surface area (Å²) in [6.07, 6.45) is 1.18. The van der Waals surface area contributed by atoms with Gasteiger partial charge in [-0.25, -0.2) is 4.52 Å². The topological polar surface area (TPSA) is 42.7 Å². The van der Waals surface area contributed by atoms with Crippen LogP contribution in [0.1, 0.15) is 11.0 Å². The van der Waals surface area contributed by atoms with Crippen molar-refractivity contribution in [2.24, 2.45) is 0 Å². The first-order chi connectivity index (χ1) is 10.8. The maximum absolute atomic E-state index is 7.98. The van der Waals surface area contributed by atoms with Crippen molar-refractivity contribution in [2.45, 2.75) is 0 Å². The molecule has 3 rings (SSSR count). The van der Waals surface area contributed by atoms with Gasteiger partial charge in [0.1, 0.15) is 0 Å². The summed E-state index contributed by atoms with van der Waals surface area (Å²) in [5.41, 5.74) is 0.152. The third kappa shape index (κ3) is 1.72. The van der Waals surface area contributed by atoms with Crippen LogP contribution in [0.4, 0.5) is 5.69 Å². The lowest BCUT2D eigenvalue weighted by molar-refractivity contribution is 0.122. The fourth-order valence-corrected chi connectivity index (χ4v) is 1.46. The molecule has 1 aliphatic rings. The molecule has 5 nitrogen and oxygen atoms in total. The summed E-state index contributed by atoms with van der Waals surface area (Å²) in [6, 6.07) is 2.65. The minimum absolute atomic E-state index is 0.0780. The van der Waals surface area contributed by atoms with E-state index in [2.05, 4.69) is 14.8 Å². The van der Waals surface area contributed by atoms with Crippen LogP contribution in [0.3, 0.4) is 0 Å². The molecular formula is C10H11ClN4O. The molecule has 0 aliphatic carbocycles. The predicted molar refractivity (Wildman–Crippen MR) is 61.0 cm³/mol. The van der Waals surface area contributed by atoms with Gasteiger partial charge in [-0.3, -0.25) is 0 Å². The van der Waals surface area contributed by atoms with Crippen LogP contribution in [0, 0.1) is 0 Å². The molecule has 2 aromatic rings. The lowest BCUT2D eigenvalue weighted by Gasteiger charge is -2.28. The number of aromatic nitrogens is 3. The van der Waals surface area contributed by atoms with Gasteiger partial charge in [-0.2, -0.15) is 4.98 Å². The molecule has 6 heteroatoms. The molecule has 1 aliphatic heterocycles. The smallest absolute Gasteiger partial charge is 0.243 e. The molecule has 0 aromatic carbocycles. The highest BCUT2D eigenvalue weighted by atomic mass is 35.5. The van der Waals surface area contributed by atoms with Gasteiger partial charge in [-0.1, -0.05) is 0 Å². The van der Waals surface area contributed by atoms with Crippen molar-refractivity contribution in [3.63, 3.8) is 0 Å². The predicted octanol–water partition coefficient (Wildman–Crippen LogP) is 1.22. The highest BCUT2D eigenvalue weighted by Gasteiger charge is 2.12. The summed E-state index contributed by atoms with van der Waals surface area (Å²) in [5, 5.41) is 3.74. The lowest BCUT2D eigenvalue weighted by atomic mass is 10.3. The van der Waals surface area contributed by atoms with Crippen LogP contribution in [0.25, 0.3) is 5.65 Å². The van der Waals surface area contributed by atoms with Crippen LogP contribution in [-0.4, -0.2) is 40.7 Å². The highest BCUT2D eigenvalue weighted by Crippen LogP contribution is 2.17. The third-order valence-corrected chi connectivity index (χ3v) is 2.12. The number of hydrogen-bond acceptors (Lipinski definition) is 4. The zero-order valence-corrected chi connectivity index (χ0v) is 8.56. The van der Waals surface area contributed by atoms with E-state index >= 15 is 0 Å². The van der Waals surface area contributed by atoms with Crippen molar-refractivity contribution in [1.82, 2.24) is 14.6 Å². The first-order valence-electron chi connectivity index (χ1n) is 8.32. The Balaban J connectivity index is 2.22. The van der Waals surface area contributed by atoms with Gasteiger partial charge in [0.15, 0.2) is 5.65 Å². The van der Waals surface area contributed by atoms with E-state index in [4.69, 9.17) is 22.6 Å². The summed E-state index contributed by atoms with van der Waals surface area (Å²) < 4.78 is 68.2. The molecule has 2 aromatic heterocycles. The van der Waals surface area contributed by atoms with Crippen LogP contribution in [-0.2, 0) is 4.74 Å². The maximum atomic E-state index is 7.98. The van der Waals surface area contributed by atoms with E-state index in [1.165, 1.54) is 18.3 Å². The molecule has 0 unspecified atom stereocenters. The molecule has 0 N–H and O–H groups in total. The molecular weight excluding hydrogens is 228 g/mol. The first kappa shape index (κ1) is 4.50. The van der Waals surface area contributed by atoms with E-state index in [9.17, 15) is 0 Å². The molecule has 0 atom stereocenters. The molecule has 3 heterocycles. The van der Waals surface area contributed by atoms with Crippen molar-refractivity contribution in [1.29, 1.82) is 0 Å². The number of anilines is 1. The van der Waals surface area contributed by atoms with Gasteiger partial charge in [-0.05, 0) is 23.7 Å². The average Bonchev–Trinajstić information content (AvgIpc) is 2.74. The van der Waals surface area contributed by atoms with Crippen molar-refractivity contribution in [3.05, 3.63) is 23.6 Å². The number of nitrogens with zero attached hydrogens (tertiary/aromatic N) is 4. The molecule has 0 spiro atoms. The normalized spacial score (nSPS) is 36.9. The number of morpholine rings is 1. The van der Waals surface area contributed by atoms with Gasteiger partial charge in [0.05, 0.1) is 36.0 Å². The minimum atomic E-state index is -3.11. The zero-order valence-electron chi connectivity index (χ0n) is 15.8. The van der Waals surface area contributed by atoms with Crippen molar-refractivity contribution in [3.8, 4) is 0 Å². The van der Waals surface area contributed by atoms with E-state index < -0.39 is 26.1 Å². The second-order valence-electron chi connectivity index (χ2n) is 2.94. The summed E-state index contributed by atoms with van der Waals surface area (Å²) in [4.78, 5) is 4.23. The summed E-state index contributed by atoms with van der Waals surface area (Å²) >= 11 is 5.68. The second kappa shape index (κ2) is 3.92. The van der Waals surface area contributed by atoms with Gasteiger partial charge in [0, 0.05) is 13.0 Å². The molecule has 1 saturated heterocycles. The molecule has 0 bridgehead atoms. The first-order valence-corrected chi connectivity index (χ1v) is 4.70. The third-order valence-electron chi connectivity index (χ3n) is 1.96. The molecule has 0 saturated carbocycles. The Morgan fingerprint density at radius 2 is 2.19 bits per heavy atom. The van der Waals surface area contributed by atoms with Gasteiger partial charge >= 0.3 is 0 Å².